The van der Waals surface area contributed by atoms with Crippen LogP contribution in [0.25, 0.3) is 5.52 Å². The van der Waals surface area contributed by atoms with Crippen molar-refractivity contribution >= 4 is 11.3 Å². The van der Waals surface area contributed by atoms with E-state index in [0.29, 0.717) is 16.3 Å². The molecule has 0 aromatic carbocycles. The Labute approximate surface area is 55.4 Å². The van der Waals surface area contributed by atoms with Crippen LogP contribution in [0.4, 0.5) is 5.82 Å². The molecule has 52 valence electrons. The summed E-state index contributed by atoms with van der Waals surface area (Å²) in [5, 5.41) is 12.4. The molecule has 6 nitrogen and oxygen atoms in total. The van der Waals surface area contributed by atoms with Crippen molar-refractivity contribution in [1.29, 1.82) is 0 Å². The SMILES string of the molecule is Nc1ncn2c1cnn2O. The molecule has 0 unspecified atom stereocenters. The Bertz CT molecular complexity index is 324. The van der Waals surface area contributed by atoms with Gasteiger partial charge in [-0.25, -0.2) is 4.98 Å². The summed E-state index contributed by atoms with van der Waals surface area (Å²) in [5.41, 5.74) is 5.99. The van der Waals surface area contributed by atoms with Crippen LogP contribution >= 0.6 is 0 Å². The molecule has 0 spiro atoms. The Morgan fingerprint density at radius 1 is 1.60 bits per heavy atom. The quantitative estimate of drug-likeness (QED) is 0.475. The predicted octanol–water partition coefficient (Wildman–Crippen LogP) is -0.650. The molecular formula is C4H5N5O. The van der Waals surface area contributed by atoms with Gasteiger partial charge < -0.3 is 10.9 Å². The molecule has 10 heavy (non-hydrogen) atoms. The maximum Gasteiger partial charge on any atom is 0.153 e. The highest BCUT2D eigenvalue weighted by molar-refractivity contribution is 5.63. The smallest absolute Gasteiger partial charge is 0.153 e. The molecular weight excluding hydrogens is 134 g/mol. The number of imidazole rings is 1. The molecule has 0 radical (unpaired) electrons. The molecule has 0 aliphatic carbocycles. The minimum Gasteiger partial charge on any atom is -0.397 e. The van der Waals surface area contributed by atoms with Gasteiger partial charge in [-0.2, -0.15) is 4.52 Å². The summed E-state index contributed by atoms with van der Waals surface area (Å²) in [6.07, 6.45) is 2.82. The standard InChI is InChI=1S/C4H5N5O/c5-4-3-1-7-9(10)8(3)2-6-4/h1-2,10H,5H2. The fraction of sp³-hybridized carbons (Fsp3) is 0. The van der Waals surface area contributed by atoms with Gasteiger partial charge in [0.15, 0.2) is 5.82 Å². The molecule has 0 fully saturated rings. The minimum atomic E-state index is 0.361. The van der Waals surface area contributed by atoms with Gasteiger partial charge in [0, 0.05) is 0 Å². The molecule has 2 rings (SSSR count). The van der Waals surface area contributed by atoms with Gasteiger partial charge in [0.05, 0.1) is 6.20 Å². The number of nitrogens with two attached hydrogens (primary N) is 1. The van der Waals surface area contributed by atoms with Crippen LogP contribution in [0.5, 0.6) is 0 Å². The van der Waals surface area contributed by atoms with Crippen LogP contribution in [0.2, 0.25) is 0 Å². The van der Waals surface area contributed by atoms with Crippen LogP contribution < -0.4 is 5.73 Å². The van der Waals surface area contributed by atoms with E-state index in [4.69, 9.17) is 10.9 Å². The fourth-order valence-electron chi connectivity index (χ4n) is 0.792. The van der Waals surface area contributed by atoms with Crippen LogP contribution in [-0.4, -0.2) is 24.8 Å². The first-order chi connectivity index (χ1) is 4.79. The number of aromatic nitrogens is 4. The van der Waals surface area contributed by atoms with Crippen LogP contribution in [0.1, 0.15) is 0 Å². The maximum absolute atomic E-state index is 8.90. The molecule has 0 bridgehead atoms. The highest BCUT2D eigenvalue weighted by Crippen LogP contribution is 2.07. The van der Waals surface area contributed by atoms with E-state index in [-0.39, 0.29) is 0 Å². The summed E-state index contributed by atoms with van der Waals surface area (Å²) in [4.78, 5) is 4.40. The average Bonchev–Trinajstić information content (AvgIpc) is 2.41. The van der Waals surface area contributed by atoms with E-state index in [0.717, 1.165) is 0 Å². The lowest BCUT2D eigenvalue weighted by molar-refractivity contribution is 0.0989. The summed E-state index contributed by atoms with van der Waals surface area (Å²) in [5.74, 6) is 0.361. The van der Waals surface area contributed by atoms with Gasteiger partial charge in [0.1, 0.15) is 11.8 Å². The Hall–Kier alpha value is -1.72. The number of rotatable bonds is 0. The van der Waals surface area contributed by atoms with Crippen molar-refractivity contribution in [2.45, 2.75) is 0 Å². The lowest BCUT2D eigenvalue weighted by Gasteiger charge is -1.85. The zero-order valence-electron chi connectivity index (χ0n) is 4.97. The molecule has 0 amide bonds. The second kappa shape index (κ2) is 1.41. The summed E-state index contributed by atoms with van der Waals surface area (Å²) in [6.45, 7) is 0. The second-order valence-electron chi connectivity index (χ2n) is 1.87. The van der Waals surface area contributed by atoms with E-state index in [2.05, 4.69) is 10.1 Å². The molecule has 0 aliphatic heterocycles. The first-order valence-corrected chi connectivity index (χ1v) is 2.65. The monoisotopic (exact) mass is 139 g/mol. The van der Waals surface area contributed by atoms with Crippen molar-refractivity contribution in [2.75, 3.05) is 5.73 Å². The van der Waals surface area contributed by atoms with Crippen molar-refractivity contribution in [1.82, 2.24) is 19.6 Å². The highest BCUT2D eigenvalue weighted by Gasteiger charge is 2.03. The average molecular weight is 139 g/mol. The zero-order valence-corrected chi connectivity index (χ0v) is 4.97. The van der Waals surface area contributed by atoms with Crippen molar-refractivity contribution in [3.8, 4) is 0 Å². The van der Waals surface area contributed by atoms with Gasteiger partial charge >= 0.3 is 0 Å². The maximum atomic E-state index is 8.90. The van der Waals surface area contributed by atoms with Crippen LogP contribution in [-0.2, 0) is 0 Å². The van der Waals surface area contributed by atoms with Crippen LogP contribution in [0.15, 0.2) is 12.5 Å². The molecule has 0 aliphatic rings. The normalized spacial score (nSPS) is 10.8. The third-order valence-electron chi connectivity index (χ3n) is 1.29. The molecule has 2 aromatic rings. The molecule has 3 N–H and O–H groups in total. The summed E-state index contributed by atoms with van der Waals surface area (Å²) in [6, 6.07) is 0. The van der Waals surface area contributed by atoms with Gasteiger partial charge in [0.25, 0.3) is 0 Å². The van der Waals surface area contributed by atoms with E-state index < -0.39 is 0 Å². The summed E-state index contributed by atoms with van der Waals surface area (Å²) >= 11 is 0. The lowest BCUT2D eigenvalue weighted by Crippen LogP contribution is -2.00. The van der Waals surface area contributed by atoms with E-state index in [1.54, 1.807) is 0 Å². The van der Waals surface area contributed by atoms with E-state index in [1.807, 2.05) is 0 Å². The number of hydrogen-bond acceptors (Lipinski definition) is 4. The van der Waals surface area contributed by atoms with Gasteiger partial charge in [-0.3, -0.25) is 0 Å². The third-order valence-corrected chi connectivity index (χ3v) is 1.29. The van der Waals surface area contributed by atoms with Crippen molar-refractivity contribution in [2.24, 2.45) is 0 Å². The van der Waals surface area contributed by atoms with E-state index in [9.17, 15) is 0 Å². The molecule has 2 aromatic heterocycles. The van der Waals surface area contributed by atoms with E-state index in [1.165, 1.54) is 17.0 Å². The topological polar surface area (TPSA) is 81.4 Å². The Morgan fingerprint density at radius 3 is 3.10 bits per heavy atom. The molecule has 0 atom stereocenters. The second-order valence-corrected chi connectivity index (χ2v) is 1.87. The Morgan fingerprint density at radius 2 is 2.40 bits per heavy atom. The van der Waals surface area contributed by atoms with Crippen molar-refractivity contribution in [3.05, 3.63) is 12.5 Å². The highest BCUT2D eigenvalue weighted by atomic mass is 16.5. The van der Waals surface area contributed by atoms with E-state index >= 15 is 0 Å². The number of hydrogen-bond donors (Lipinski definition) is 2. The third kappa shape index (κ3) is 0.426. The predicted molar refractivity (Wildman–Crippen MR) is 32.6 cm³/mol. The van der Waals surface area contributed by atoms with Gasteiger partial charge in [-0.15, -0.1) is 5.10 Å². The molecule has 6 heteroatoms. The molecule has 0 saturated heterocycles. The first kappa shape index (κ1) is 5.10. The van der Waals surface area contributed by atoms with Crippen LogP contribution in [0, 0.1) is 0 Å². The lowest BCUT2D eigenvalue weighted by atomic mass is 10.6. The Balaban J connectivity index is 2.95. The minimum absolute atomic E-state index is 0.361. The number of nitrogens with zero attached hydrogens (tertiary/aromatic N) is 4. The molecule has 2 heterocycles. The molecule has 0 saturated carbocycles. The largest absolute Gasteiger partial charge is 0.397 e. The number of nitrogen functional groups attached to an aromatic ring is 1. The van der Waals surface area contributed by atoms with Crippen molar-refractivity contribution in [3.63, 3.8) is 0 Å². The van der Waals surface area contributed by atoms with Gasteiger partial charge in [-0.05, 0) is 4.96 Å². The van der Waals surface area contributed by atoms with Gasteiger partial charge in [-0.1, -0.05) is 0 Å². The Kier molecular flexibility index (Phi) is 0.717. The summed E-state index contributed by atoms with van der Waals surface area (Å²) < 4.78 is 1.33. The number of anilines is 1. The van der Waals surface area contributed by atoms with Gasteiger partial charge in [0.2, 0.25) is 0 Å². The first-order valence-electron chi connectivity index (χ1n) is 2.65. The summed E-state index contributed by atoms with van der Waals surface area (Å²) in [7, 11) is 0. The zero-order chi connectivity index (χ0) is 7.14. The van der Waals surface area contributed by atoms with Crippen molar-refractivity contribution < 1.29 is 5.21 Å². The number of fused-ring (bicyclic) bond motifs is 1. The van der Waals surface area contributed by atoms with Crippen LogP contribution in [0.3, 0.4) is 0 Å². The fourth-order valence-corrected chi connectivity index (χ4v) is 0.792.